The van der Waals surface area contributed by atoms with E-state index in [2.05, 4.69) is 34.9 Å². The van der Waals surface area contributed by atoms with Gasteiger partial charge < -0.3 is 10.6 Å². The summed E-state index contributed by atoms with van der Waals surface area (Å²) in [6.07, 6.45) is 10.9. The molecule has 4 aliphatic carbocycles. The van der Waals surface area contributed by atoms with Crippen LogP contribution >= 0.6 is 0 Å². The molecule has 4 fully saturated rings. The zero-order valence-electron chi connectivity index (χ0n) is 19.3. The molecule has 2 amide bonds. The van der Waals surface area contributed by atoms with Gasteiger partial charge in [-0.05, 0) is 91.2 Å². The van der Waals surface area contributed by atoms with Gasteiger partial charge in [0.15, 0.2) is 0 Å². The van der Waals surface area contributed by atoms with E-state index in [1.165, 1.54) is 62.5 Å². The van der Waals surface area contributed by atoms with Crippen LogP contribution in [0.4, 0.5) is 11.4 Å². The van der Waals surface area contributed by atoms with Crippen LogP contribution in [0.5, 0.6) is 0 Å². The third-order valence-corrected chi connectivity index (χ3v) is 8.77. The van der Waals surface area contributed by atoms with Crippen molar-refractivity contribution in [1.82, 2.24) is 0 Å². The lowest BCUT2D eigenvalue weighted by Gasteiger charge is -2.08. The molecule has 0 spiro atoms. The minimum atomic E-state index is 0.211. The van der Waals surface area contributed by atoms with Gasteiger partial charge in [-0.3, -0.25) is 9.59 Å². The summed E-state index contributed by atoms with van der Waals surface area (Å²) in [5, 5.41) is 6.26. The zero-order valence-corrected chi connectivity index (χ0v) is 19.3. The van der Waals surface area contributed by atoms with Crippen LogP contribution in [0.15, 0.2) is 48.5 Å². The van der Waals surface area contributed by atoms with Gasteiger partial charge in [-0.25, -0.2) is 0 Å². The maximum atomic E-state index is 12.6. The van der Waals surface area contributed by atoms with Crippen molar-refractivity contribution in [1.29, 1.82) is 0 Å². The predicted molar refractivity (Wildman–Crippen MR) is 131 cm³/mol. The molecule has 4 aliphatic rings. The van der Waals surface area contributed by atoms with Gasteiger partial charge in [-0.15, -0.1) is 0 Å². The molecule has 2 unspecified atom stereocenters. The molecule has 6 rings (SSSR count). The molecular formula is C29H34N2O2. The summed E-state index contributed by atoms with van der Waals surface area (Å²) in [6.45, 7) is 0. The van der Waals surface area contributed by atoms with E-state index in [0.717, 1.165) is 17.8 Å². The molecule has 0 bridgehead atoms. The number of anilines is 2. The second kappa shape index (κ2) is 8.62. The number of carbonyl (C=O) groups excluding carboxylic acids is 2. The number of nitrogens with one attached hydrogen (secondary N) is 2. The van der Waals surface area contributed by atoms with Crippen LogP contribution in [0.1, 0.15) is 62.5 Å². The van der Waals surface area contributed by atoms with Crippen molar-refractivity contribution in [2.45, 2.75) is 57.8 Å². The van der Waals surface area contributed by atoms with Crippen LogP contribution < -0.4 is 10.6 Å². The van der Waals surface area contributed by atoms with Gasteiger partial charge in [-0.1, -0.05) is 49.9 Å². The van der Waals surface area contributed by atoms with E-state index < -0.39 is 0 Å². The van der Waals surface area contributed by atoms with Crippen LogP contribution in [-0.4, -0.2) is 11.8 Å². The van der Waals surface area contributed by atoms with E-state index in [9.17, 15) is 9.59 Å². The molecule has 2 N–H and O–H groups in total. The summed E-state index contributed by atoms with van der Waals surface area (Å²) >= 11 is 0. The second-order valence-corrected chi connectivity index (χ2v) is 10.8. The first kappa shape index (κ1) is 20.9. The highest BCUT2D eigenvalue weighted by molar-refractivity contribution is 5.95. The Morgan fingerprint density at radius 3 is 1.24 bits per heavy atom. The fourth-order valence-electron chi connectivity index (χ4n) is 6.86. The molecule has 172 valence electrons. The largest absolute Gasteiger partial charge is 0.326 e. The van der Waals surface area contributed by atoms with E-state index in [0.29, 0.717) is 23.7 Å². The standard InChI is InChI=1S/C29H34N2O2/c32-28(26-22-5-1-2-6-23(22)26)30-20-13-9-18(10-14-20)17-19-11-15-21(16-12-19)31-29(33)27-24-7-3-4-8-25(24)27/h9-16,22-27H,1-8,17H2,(H,30,32)(H,31,33)/t22-,23+,24-,25+,26?,27?. The minimum absolute atomic E-state index is 0.211. The van der Waals surface area contributed by atoms with Crippen LogP contribution in [0.2, 0.25) is 0 Å². The van der Waals surface area contributed by atoms with E-state index in [-0.39, 0.29) is 23.7 Å². The summed E-state index contributed by atoms with van der Waals surface area (Å²) in [4.78, 5) is 25.2. The van der Waals surface area contributed by atoms with Crippen LogP contribution in [0.3, 0.4) is 0 Å². The minimum Gasteiger partial charge on any atom is -0.326 e. The number of rotatable bonds is 6. The molecule has 2 aromatic carbocycles. The quantitative estimate of drug-likeness (QED) is 0.574. The van der Waals surface area contributed by atoms with Crippen LogP contribution in [-0.2, 0) is 16.0 Å². The maximum Gasteiger partial charge on any atom is 0.228 e. The summed E-state index contributed by atoms with van der Waals surface area (Å²) in [5.41, 5.74) is 4.22. The Bertz CT molecular complexity index is 921. The van der Waals surface area contributed by atoms with Crippen molar-refractivity contribution in [2.75, 3.05) is 10.6 Å². The highest BCUT2D eigenvalue weighted by atomic mass is 16.2. The lowest BCUT2D eigenvalue weighted by atomic mass is 10.0. The first-order valence-corrected chi connectivity index (χ1v) is 13.0. The molecule has 4 nitrogen and oxygen atoms in total. The Hall–Kier alpha value is -2.62. The van der Waals surface area contributed by atoms with Crippen LogP contribution in [0, 0.1) is 35.5 Å². The number of benzene rings is 2. The van der Waals surface area contributed by atoms with Gasteiger partial charge in [0.05, 0.1) is 0 Å². The fourth-order valence-corrected chi connectivity index (χ4v) is 6.86. The molecule has 4 heteroatoms. The predicted octanol–water partition coefficient (Wildman–Crippen LogP) is 6.03. The molecule has 0 radical (unpaired) electrons. The highest BCUT2D eigenvalue weighted by Crippen LogP contribution is 2.56. The van der Waals surface area contributed by atoms with E-state index in [1.54, 1.807) is 0 Å². The number of amides is 2. The van der Waals surface area contributed by atoms with Gasteiger partial charge in [0.2, 0.25) is 11.8 Å². The molecule has 0 heterocycles. The Balaban J connectivity index is 1.00. The van der Waals surface area contributed by atoms with Gasteiger partial charge in [0.1, 0.15) is 0 Å². The Morgan fingerprint density at radius 1 is 0.576 bits per heavy atom. The number of hydrogen-bond acceptors (Lipinski definition) is 2. The zero-order chi connectivity index (χ0) is 22.4. The van der Waals surface area contributed by atoms with Crippen molar-refractivity contribution in [2.24, 2.45) is 35.5 Å². The number of fused-ring (bicyclic) bond motifs is 2. The number of hydrogen-bond donors (Lipinski definition) is 2. The monoisotopic (exact) mass is 442 g/mol. The van der Waals surface area contributed by atoms with Crippen molar-refractivity contribution >= 4 is 23.2 Å². The molecule has 2 aromatic rings. The summed E-state index contributed by atoms with van der Waals surface area (Å²) in [5.74, 6) is 3.47. The van der Waals surface area contributed by atoms with Gasteiger partial charge in [0.25, 0.3) is 0 Å². The Morgan fingerprint density at radius 2 is 0.909 bits per heavy atom. The average Bonchev–Trinajstić information content (AvgIpc) is 3.74. The molecule has 33 heavy (non-hydrogen) atoms. The molecular weight excluding hydrogens is 408 g/mol. The van der Waals surface area contributed by atoms with Gasteiger partial charge >= 0.3 is 0 Å². The lowest BCUT2D eigenvalue weighted by molar-refractivity contribution is -0.118. The third kappa shape index (κ3) is 4.32. The highest BCUT2D eigenvalue weighted by Gasteiger charge is 2.55. The lowest BCUT2D eigenvalue weighted by Crippen LogP contribution is -2.15. The summed E-state index contributed by atoms with van der Waals surface area (Å²) < 4.78 is 0. The van der Waals surface area contributed by atoms with Crippen LogP contribution in [0.25, 0.3) is 0 Å². The molecule has 0 aromatic heterocycles. The van der Waals surface area contributed by atoms with Crippen molar-refractivity contribution in [3.63, 3.8) is 0 Å². The molecule has 0 aliphatic heterocycles. The Kier molecular flexibility index (Phi) is 5.48. The maximum absolute atomic E-state index is 12.6. The van der Waals surface area contributed by atoms with E-state index >= 15 is 0 Å². The SMILES string of the molecule is O=C(Nc1ccc(Cc2ccc(NC(=O)C3[C@H]4CCCC[C@@H]34)cc2)cc1)C1[C@H]2CCCC[C@@H]12. The first-order chi connectivity index (χ1) is 16.2. The Labute approximate surface area is 196 Å². The molecule has 4 saturated carbocycles. The topological polar surface area (TPSA) is 58.2 Å². The second-order valence-electron chi connectivity index (χ2n) is 10.8. The first-order valence-electron chi connectivity index (χ1n) is 13.0. The van der Waals surface area contributed by atoms with Crippen molar-refractivity contribution in [3.05, 3.63) is 59.7 Å². The van der Waals surface area contributed by atoms with Crippen molar-refractivity contribution in [3.8, 4) is 0 Å². The summed E-state index contributed by atoms with van der Waals surface area (Å²) in [7, 11) is 0. The normalized spacial score (nSPS) is 31.6. The van der Waals surface area contributed by atoms with Gasteiger partial charge in [0, 0.05) is 23.2 Å². The average molecular weight is 443 g/mol. The number of carbonyl (C=O) groups is 2. The molecule has 0 saturated heterocycles. The van der Waals surface area contributed by atoms with E-state index in [4.69, 9.17) is 0 Å². The van der Waals surface area contributed by atoms with Crippen molar-refractivity contribution < 1.29 is 9.59 Å². The fraction of sp³-hybridized carbons (Fsp3) is 0.517. The smallest absolute Gasteiger partial charge is 0.228 e. The van der Waals surface area contributed by atoms with Gasteiger partial charge in [-0.2, -0.15) is 0 Å². The summed E-state index contributed by atoms with van der Waals surface area (Å²) in [6, 6.07) is 16.5. The third-order valence-electron chi connectivity index (χ3n) is 8.77. The molecule has 6 atom stereocenters. The van der Waals surface area contributed by atoms with E-state index in [1.807, 2.05) is 24.3 Å².